The molecule has 1 heterocycles. The minimum Gasteiger partial charge on any atom is -0.255 e. The molecule has 1 aromatic heterocycles. The minimum absolute atomic E-state index is 0.281. The van der Waals surface area contributed by atoms with Gasteiger partial charge in [0, 0.05) is 10.8 Å². The van der Waals surface area contributed by atoms with E-state index in [9.17, 15) is 13.2 Å². The number of fused-ring (bicyclic) bond motifs is 1. The van der Waals surface area contributed by atoms with Gasteiger partial charge in [-0.3, -0.25) is 4.68 Å². The summed E-state index contributed by atoms with van der Waals surface area (Å²) in [5, 5.41) is 4.93. The van der Waals surface area contributed by atoms with Crippen LogP contribution < -0.4 is 0 Å². The molecule has 1 aromatic carbocycles. The van der Waals surface area contributed by atoms with E-state index in [-0.39, 0.29) is 5.41 Å². The molecule has 0 aliphatic rings. The molecule has 98 valence electrons. The van der Waals surface area contributed by atoms with E-state index in [1.165, 1.54) is 0 Å². The van der Waals surface area contributed by atoms with Crippen molar-refractivity contribution in [2.24, 2.45) is 0 Å². The lowest BCUT2D eigenvalue weighted by molar-refractivity contribution is -0.141. The van der Waals surface area contributed by atoms with Crippen LogP contribution in [0.5, 0.6) is 0 Å². The maximum Gasteiger partial charge on any atom is 0.408 e. The lowest BCUT2D eigenvalue weighted by Gasteiger charge is -2.15. The molecule has 0 aliphatic heterocycles. The molecule has 0 bridgehead atoms. The van der Waals surface area contributed by atoms with Crippen molar-refractivity contribution in [1.29, 1.82) is 0 Å². The van der Waals surface area contributed by atoms with E-state index in [2.05, 4.69) is 5.10 Å². The molecule has 2 aromatic rings. The molecule has 0 N–H and O–H groups in total. The topological polar surface area (TPSA) is 17.8 Å². The van der Waals surface area contributed by atoms with Gasteiger partial charge in [-0.1, -0.05) is 39.0 Å². The van der Waals surface area contributed by atoms with E-state index >= 15 is 0 Å². The smallest absolute Gasteiger partial charge is 0.255 e. The zero-order valence-electron chi connectivity index (χ0n) is 10.5. The second-order valence-corrected chi connectivity index (χ2v) is 5.39. The normalized spacial score (nSPS) is 13.2. The number of benzene rings is 1. The Balaban J connectivity index is 2.62. The monoisotopic (exact) mass is 256 g/mol. The van der Waals surface area contributed by atoms with E-state index in [0.29, 0.717) is 11.2 Å². The maximum atomic E-state index is 12.5. The van der Waals surface area contributed by atoms with Crippen LogP contribution in [-0.4, -0.2) is 16.0 Å². The van der Waals surface area contributed by atoms with Crippen molar-refractivity contribution in [3.05, 3.63) is 30.0 Å². The molecule has 18 heavy (non-hydrogen) atoms. The summed E-state index contributed by atoms with van der Waals surface area (Å²) < 4.78 is 38.6. The molecule has 0 radical (unpaired) electrons. The van der Waals surface area contributed by atoms with Crippen LogP contribution in [0.2, 0.25) is 0 Å². The highest BCUT2D eigenvalue weighted by Gasteiger charge is 2.31. The van der Waals surface area contributed by atoms with Gasteiger partial charge in [0.2, 0.25) is 0 Å². The van der Waals surface area contributed by atoms with Crippen LogP contribution in [0, 0.1) is 0 Å². The summed E-state index contributed by atoms with van der Waals surface area (Å²) >= 11 is 0. The predicted octanol–water partition coefficient (Wildman–Crippen LogP) is 3.90. The number of para-hydroxylation sites is 1. The number of rotatable bonds is 1. The van der Waals surface area contributed by atoms with Gasteiger partial charge >= 0.3 is 6.18 Å². The summed E-state index contributed by atoms with van der Waals surface area (Å²) in [6, 6.07) is 7.03. The van der Waals surface area contributed by atoms with Crippen molar-refractivity contribution in [2.75, 3.05) is 0 Å². The Morgan fingerprint density at radius 2 is 1.72 bits per heavy atom. The molecule has 0 aliphatic carbocycles. The van der Waals surface area contributed by atoms with Gasteiger partial charge in [0.25, 0.3) is 0 Å². The Morgan fingerprint density at radius 3 is 2.28 bits per heavy atom. The van der Waals surface area contributed by atoms with Gasteiger partial charge in [0.05, 0.1) is 11.2 Å². The first-order valence-corrected chi connectivity index (χ1v) is 5.71. The van der Waals surface area contributed by atoms with Gasteiger partial charge in [-0.05, 0) is 6.07 Å². The van der Waals surface area contributed by atoms with Gasteiger partial charge in [-0.15, -0.1) is 0 Å². The fourth-order valence-corrected chi connectivity index (χ4v) is 1.97. The molecule has 2 rings (SSSR count). The van der Waals surface area contributed by atoms with Crippen molar-refractivity contribution in [3.8, 4) is 0 Å². The van der Waals surface area contributed by atoms with Gasteiger partial charge in [0.1, 0.15) is 6.54 Å². The molecular weight excluding hydrogens is 241 g/mol. The lowest BCUT2D eigenvalue weighted by Crippen LogP contribution is -2.20. The molecule has 0 fully saturated rings. The van der Waals surface area contributed by atoms with Crippen molar-refractivity contribution in [3.63, 3.8) is 0 Å². The van der Waals surface area contributed by atoms with E-state index in [4.69, 9.17) is 0 Å². The Labute approximate surface area is 103 Å². The Kier molecular flexibility index (Phi) is 2.87. The summed E-state index contributed by atoms with van der Waals surface area (Å²) in [5.74, 6) is 0. The van der Waals surface area contributed by atoms with Crippen LogP contribution in [0.1, 0.15) is 26.5 Å². The van der Waals surface area contributed by atoms with Crippen molar-refractivity contribution >= 4 is 10.9 Å². The Bertz CT molecular complexity index is 562. The molecular formula is C13H15F3N2. The molecule has 5 heteroatoms. The Hall–Kier alpha value is -1.52. The van der Waals surface area contributed by atoms with E-state index in [1.54, 1.807) is 12.1 Å². The second kappa shape index (κ2) is 4.00. The van der Waals surface area contributed by atoms with Crippen molar-refractivity contribution in [2.45, 2.75) is 38.9 Å². The van der Waals surface area contributed by atoms with Gasteiger partial charge in [-0.2, -0.15) is 18.3 Å². The summed E-state index contributed by atoms with van der Waals surface area (Å²) in [6.07, 6.45) is -4.26. The molecule has 0 amide bonds. The van der Waals surface area contributed by atoms with E-state index in [0.717, 1.165) is 10.1 Å². The highest BCUT2D eigenvalue weighted by molar-refractivity contribution is 5.82. The van der Waals surface area contributed by atoms with E-state index in [1.807, 2.05) is 32.9 Å². The fraction of sp³-hybridized carbons (Fsp3) is 0.462. The highest BCUT2D eigenvalue weighted by atomic mass is 19.4. The highest BCUT2D eigenvalue weighted by Crippen LogP contribution is 2.30. The quantitative estimate of drug-likeness (QED) is 0.756. The zero-order chi connectivity index (χ0) is 13.6. The second-order valence-electron chi connectivity index (χ2n) is 5.39. The predicted molar refractivity (Wildman–Crippen MR) is 64.5 cm³/mol. The first-order chi connectivity index (χ1) is 8.18. The molecule has 0 unspecified atom stereocenters. The van der Waals surface area contributed by atoms with Crippen LogP contribution in [0.4, 0.5) is 13.2 Å². The van der Waals surface area contributed by atoms with Crippen LogP contribution in [0.15, 0.2) is 24.3 Å². The zero-order valence-corrected chi connectivity index (χ0v) is 10.5. The molecule has 0 spiro atoms. The number of nitrogens with zero attached hydrogens (tertiary/aromatic N) is 2. The number of hydrogen-bond acceptors (Lipinski definition) is 1. The number of aromatic nitrogens is 2. The van der Waals surface area contributed by atoms with Crippen LogP contribution in [-0.2, 0) is 12.0 Å². The summed E-state index contributed by atoms with van der Waals surface area (Å²) in [4.78, 5) is 0. The van der Waals surface area contributed by atoms with E-state index < -0.39 is 12.7 Å². The SMILES string of the molecule is CC(C)(C)c1nn(CC(F)(F)F)c2ccccc12. The maximum absolute atomic E-state index is 12.5. The third-order valence-corrected chi connectivity index (χ3v) is 2.70. The molecule has 0 saturated heterocycles. The van der Waals surface area contributed by atoms with Crippen LogP contribution >= 0.6 is 0 Å². The summed E-state index contributed by atoms with van der Waals surface area (Å²) in [5.41, 5.74) is 0.943. The summed E-state index contributed by atoms with van der Waals surface area (Å²) in [6.45, 7) is 4.78. The van der Waals surface area contributed by atoms with Crippen molar-refractivity contribution < 1.29 is 13.2 Å². The fourth-order valence-electron chi connectivity index (χ4n) is 1.97. The van der Waals surface area contributed by atoms with Crippen molar-refractivity contribution in [1.82, 2.24) is 9.78 Å². The average Bonchev–Trinajstić information content (AvgIpc) is 2.55. The van der Waals surface area contributed by atoms with Crippen LogP contribution in [0.25, 0.3) is 10.9 Å². The lowest BCUT2D eigenvalue weighted by atomic mass is 9.90. The van der Waals surface area contributed by atoms with Gasteiger partial charge < -0.3 is 0 Å². The third kappa shape index (κ3) is 2.49. The van der Waals surface area contributed by atoms with Crippen LogP contribution in [0.3, 0.4) is 0 Å². The molecule has 2 nitrogen and oxygen atoms in total. The standard InChI is InChI=1S/C13H15F3N2/c1-12(2,3)11-9-6-4-5-7-10(9)18(17-11)8-13(14,15)16/h4-7H,8H2,1-3H3. The van der Waals surface area contributed by atoms with Gasteiger partial charge in [0.15, 0.2) is 0 Å². The minimum atomic E-state index is -4.26. The number of alkyl halides is 3. The first kappa shape index (κ1) is 12.9. The third-order valence-electron chi connectivity index (χ3n) is 2.70. The molecule has 0 saturated carbocycles. The van der Waals surface area contributed by atoms with Gasteiger partial charge in [-0.25, -0.2) is 0 Å². The Morgan fingerprint density at radius 1 is 1.11 bits per heavy atom. The average molecular weight is 256 g/mol. The largest absolute Gasteiger partial charge is 0.408 e. The number of halogens is 3. The summed E-state index contributed by atoms with van der Waals surface area (Å²) in [7, 11) is 0. The molecule has 0 atom stereocenters. The first-order valence-electron chi connectivity index (χ1n) is 5.71. The number of hydrogen-bond donors (Lipinski definition) is 0.